The van der Waals surface area contributed by atoms with E-state index >= 15 is 0 Å². The lowest BCUT2D eigenvalue weighted by Crippen LogP contribution is -2.29. The number of benzene rings is 1. The Balaban J connectivity index is 1.67. The number of aliphatic hydroxyl groups is 1. The van der Waals surface area contributed by atoms with Crippen LogP contribution in [-0.4, -0.2) is 32.3 Å². The van der Waals surface area contributed by atoms with Crippen LogP contribution in [0.4, 0.5) is 4.39 Å². The molecule has 2 aromatic heterocycles. The fraction of sp³-hybridized carbons (Fsp3) is 0.118. The average molecular weight is 326 g/mol. The minimum Gasteiger partial charge on any atom is -0.386 e. The summed E-state index contributed by atoms with van der Waals surface area (Å²) in [4.78, 5) is 16.4. The molecule has 0 unspecified atom stereocenters. The van der Waals surface area contributed by atoms with E-state index in [1.165, 1.54) is 22.9 Å². The normalized spacial score (nSPS) is 11.9. The summed E-state index contributed by atoms with van der Waals surface area (Å²) < 4.78 is 15.1. The summed E-state index contributed by atoms with van der Waals surface area (Å²) in [6.45, 7) is -0.118. The van der Waals surface area contributed by atoms with Crippen molar-refractivity contribution in [3.8, 4) is 5.82 Å². The van der Waals surface area contributed by atoms with Gasteiger partial charge in [0.05, 0.1) is 6.10 Å². The molecule has 1 amide bonds. The Hall–Kier alpha value is -3.06. The van der Waals surface area contributed by atoms with Gasteiger partial charge in [-0.3, -0.25) is 4.79 Å². The Kier molecular flexibility index (Phi) is 4.62. The van der Waals surface area contributed by atoms with Crippen molar-refractivity contribution in [3.05, 3.63) is 78.0 Å². The minimum atomic E-state index is -1.13. The number of aliphatic hydroxyl groups excluding tert-OH is 1. The van der Waals surface area contributed by atoms with Gasteiger partial charge in [0.2, 0.25) is 0 Å². The van der Waals surface area contributed by atoms with Crippen LogP contribution in [0, 0.1) is 5.82 Å². The highest BCUT2D eigenvalue weighted by molar-refractivity contribution is 5.92. The van der Waals surface area contributed by atoms with Gasteiger partial charge in [0.15, 0.2) is 5.82 Å². The summed E-state index contributed by atoms with van der Waals surface area (Å²) in [6, 6.07) is 12.6. The van der Waals surface area contributed by atoms with Crippen LogP contribution in [0.2, 0.25) is 0 Å². The van der Waals surface area contributed by atoms with Crippen LogP contribution < -0.4 is 5.32 Å². The minimum absolute atomic E-state index is 0.118. The van der Waals surface area contributed by atoms with Gasteiger partial charge in [-0.15, -0.1) is 0 Å². The highest BCUT2D eigenvalue weighted by atomic mass is 19.1. The van der Waals surface area contributed by atoms with Gasteiger partial charge in [0.1, 0.15) is 11.5 Å². The number of amides is 1. The van der Waals surface area contributed by atoms with Gasteiger partial charge < -0.3 is 10.4 Å². The third-order valence-corrected chi connectivity index (χ3v) is 3.43. The van der Waals surface area contributed by atoms with Crippen LogP contribution in [0.25, 0.3) is 5.82 Å². The number of halogens is 1. The van der Waals surface area contributed by atoms with Crippen molar-refractivity contribution in [3.63, 3.8) is 0 Å². The van der Waals surface area contributed by atoms with E-state index in [4.69, 9.17) is 0 Å². The van der Waals surface area contributed by atoms with Crippen LogP contribution in [-0.2, 0) is 0 Å². The molecular formula is C17H15FN4O2. The molecular weight excluding hydrogens is 311 g/mol. The molecule has 0 spiro atoms. The van der Waals surface area contributed by atoms with Gasteiger partial charge >= 0.3 is 0 Å². The van der Waals surface area contributed by atoms with Crippen LogP contribution in [0.1, 0.15) is 22.2 Å². The molecule has 0 aliphatic carbocycles. The third kappa shape index (κ3) is 3.47. The van der Waals surface area contributed by atoms with Crippen molar-refractivity contribution in [1.82, 2.24) is 20.1 Å². The number of pyridine rings is 1. The van der Waals surface area contributed by atoms with Crippen molar-refractivity contribution in [2.75, 3.05) is 6.54 Å². The third-order valence-electron chi connectivity index (χ3n) is 3.43. The highest BCUT2D eigenvalue weighted by Gasteiger charge is 2.15. The summed E-state index contributed by atoms with van der Waals surface area (Å²) in [5.74, 6) is -0.472. The lowest BCUT2D eigenvalue weighted by molar-refractivity contribution is 0.0909. The molecule has 6 nitrogen and oxygen atoms in total. The van der Waals surface area contributed by atoms with Gasteiger partial charge in [0.25, 0.3) is 5.91 Å². The molecule has 2 heterocycles. The van der Waals surface area contributed by atoms with Crippen LogP contribution in [0.15, 0.2) is 60.9 Å². The van der Waals surface area contributed by atoms with E-state index in [1.807, 2.05) is 0 Å². The average Bonchev–Trinajstić information content (AvgIpc) is 3.14. The fourth-order valence-corrected chi connectivity index (χ4v) is 2.22. The lowest BCUT2D eigenvalue weighted by atomic mass is 10.1. The van der Waals surface area contributed by atoms with E-state index in [-0.39, 0.29) is 17.8 Å². The van der Waals surface area contributed by atoms with Gasteiger partial charge in [0, 0.05) is 24.5 Å². The van der Waals surface area contributed by atoms with Crippen molar-refractivity contribution < 1.29 is 14.3 Å². The van der Waals surface area contributed by atoms with E-state index in [0.717, 1.165) is 0 Å². The summed E-state index contributed by atoms with van der Waals surface area (Å²) in [5, 5.41) is 16.6. The number of hydrogen-bond acceptors (Lipinski definition) is 4. The first-order valence-corrected chi connectivity index (χ1v) is 7.33. The summed E-state index contributed by atoms with van der Waals surface area (Å²) >= 11 is 0. The first-order chi connectivity index (χ1) is 11.6. The van der Waals surface area contributed by atoms with Crippen molar-refractivity contribution in [2.45, 2.75) is 6.10 Å². The number of rotatable bonds is 5. The molecule has 1 aromatic carbocycles. The molecule has 0 radical (unpaired) electrons. The molecule has 122 valence electrons. The zero-order chi connectivity index (χ0) is 16.9. The Morgan fingerprint density at radius 2 is 2.04 bits per heavy atom. The maximum atomic E-state index is 13.6. The van der Waals surface area contributed by atoms with Crippen molar-refractivity contribution in [2.24, 2.45) is 0 Å². The molecule has 1 atom stereocenters. The zero-order valence-electron chi connectivity index (χ0n) is 12.6. The Labute approximate surface area is 137 Å². The second kappa shape index (κ2) is 7.01. The van der Waals surface area contributed by atoms with Gasteiger partial charge in [-0.1, -0.05) is 24.3 Å². The van der Waals surface area contributed by atoms with E-state index in [2.05, 4.69) is 15.4 Å². The Morgan fingerprint density at radius 1 is 1.21 bits per heavy atom. The van der Waals surface area contributed by atoms with E-state index in [0.29, 0.717) is 5.82 Å². The molecule has 2 N–H and O–H groups in total. The zero-order valence-corrected chi connectivity index (χ0v) is 12.6. The molecule has 0 aliphatic rings. The number of hydrogen-bond donors (Lipinski definition) is 2. The van der Waals surface area contributed by atoms with Crippen molar-refractivity contribution >= 4 is 5.91 Å². The molecule has 0 bridgehead atoms. The molecule has 0 fully saturated rings. The number of nitrogens with zero attached hydrogens (tertiary/aromatic N) is 3. The van der Waals surface area contributed by atoms with Gasteiger partial charge in [-0.25, -0.2) is 14.1 Å². The number of carbonyl (C=O) groups is 1. The second-order valence-corrected chi connectivity index (χ2v) is 5.08. The quantitative estimate of drug-likeness (QED) is 0.750. The van der Waals surface area contributed by atoms with Crippen molar-refractivity contribution in [1.29, 1.82) is 0 Å². The largest absolute Gasteiger partial charge is 0.386 e. The summed E-state index contributed by atoms with van der Waals surface area (Å²) in [5.41, 5.74) is 0.319. The molecule has 24 heavy (non-hydrogen) atoms. The number of aromatic nitrogens is 3. The standard InChI is InChI=1S/C17H15FN4O2/c18-13-6-2-1-5-12(13)15(23)11-19-17(24)14-7-3-8-16(21-14)22-10-4-9-20-22/h1-10,15,23H,11H2,(H,19,24)/t15-/m0/s1. The number of nitrogens with one attached hydrogen (secondary N) is 1. The Morgan fingerprint density at radius 3 is 2.79 bits per heavy atom. The topological polar surface area (TPSA) is 80.0 Å². The van der Waals surface area contributed by atoms with Gasteiger partial charge in [-0.05, 0) is 24.3 Å². The molecule has 3 rings (SSSR count). The van der Waals surface area contributed by atoms with Crippen LogP contribution in [0.3, 0.4) is 0 Å². The second-order valence-electron chi connectivity index (χ2n) is 5.08. The lowest BCUT2D eigenvalue weighted by Gasteiger charge is -2.13. The van der Waals surface area contributed by atoms with E-state index in [9.17, 15) is 14.3 Å². The predicted molar refractivity (Wildman–Crippen MR) is 85.1 cm³/mol. The maximum absolute atomic E-state index is 13.6. The first kappa shape index (κ1) is 15.8. The molecule has 0 saturated heterocycles. The monoisotopic (exact) mass is 326 g/mol. The predicted octanol–water partition coefficient (Wildman–Crippen LogP) is 1.87. The smallest absolute Gasteiger partial charge is 0.270 e. The summed E-state index contributed by atoms with van der Waals surface area (Å²) in [6.07, 6.45) is 2.19. The molecule has 7 heteroatoms. The Bertz CT molecular complexity index is 836. The molecule has 0 saturated carbocycles. The van der Waals surface area contributed by atoms with E-state index in [1.54, 1.807) is 42.7 Å². The number of carbonyl (C=O) groups excluding carboxylic acids is 1. The molecule has 3 aromatic rings. The van der Waals surface area contributed by atoms with Crippen LogP contribution >= 0.6 is 0 Å². The fourth-order valence-electron chi connectivity index (χ4n) is 2.22. The maximum Gasteiger partial charge on any atom is 0.270 e. The van der Waals surface area contributed by atoms with Gasteiger partial charge in [-0.2, -0.15) is 5.10 Å². The van der Waals surface area contributed by atoms with Crippen LogP contribution in [0.5, 0.6) is 0 Å². The highest BCUT2D eigenvalue weighted by Crippen LogP contribution is 2.15. The first-order valence-electron chi connectivity index (χ1n) is 7.33. The SMILES string of the molecule is O=C(NC[C@H](O)c1ccccc1F)c1cccc(-n2cccn2)n1. The summed E-state index contributed by atoms with van der Waals surface area (Å²) in [7, 11) is 0. The van der Waals surface area contributed by atoms with E-state index < -0.39 is 17.8 Å². The molecule has 0 aliphatic heterocycles.